The van der Waals surface area contributed by atoms with E-state index in [-0.39, 0.29) is 24.4 Å². The standard InChI is InChI=1S/C22H18F3N3O5/c23-8-1-13(24)11(14(25)2-8)5-26-21(31)12-6-27-7-17-28(22(32)18(27)20(30)19(12)29)15-4-16(33-17)10-3-9(10)15/h1-2,6,9-10,15-17,30H,3-5,7H2,(H,26,31)/t9?,10-,15+,16?,17?/m0/s1. The third-order valence-corrected chi connectivity index (χ3v) is 7.16. The first-order chi connectivity index (χ1) is 15.7. The number of aromatic hydroxyl groups is 1. The second-order valence-electron chi connectivity index (χ2n) is 8.96. The number of fused-ring (bicyclic) bond motifs is 8. The van der Waals surface area contributed by atoms with Crippen LogP contribution < -0.4 is 10.7 Å². The predicted molar refractivity (Wildman–Crippen MR) is 105 cm³/mol. The molecule has 2 bridgehead atoms. The van der Waals surface area contributed by atoms with E-state index in [1.165, 1.54) is 4.57 Å². The van der Waals surface area contributed by atoms with E-state index in [2.05, 4.69) is 5.32 Å². The van der Waals surface area contributed by atoms with Crippen LogP contribution in [0.1, 0.15) is 39.3 Å². The van der Waals surface area contributed by atoms with Crippen LogP contribution in [0.15, 0.2) is 23.1 Å². The van der Waals surface area contributed by atoms with Crippen molar-refractivity contribution in [1.29, 1.82) is 0 Å². The molecule has 0 radical (unpaired) electrons. The van der Waals surface area contributed by atoms with Crippen molar-refractivity contribution in [2.45, 2.75) is 44.3 Å². The molecule has 2 aliphatic carbocycles. The van der Waals surface area contributed by atoms with E-state index in [1.807, 2.05) is 0 Å². The Morgan fingerprint density at radius 3 is 2.61 bits per heavy atom. The van der Waals surface area contributed by atoms with Crippen LogP contribution in [0.5, 0.6) is 5.75 Å². The van der Waals surface area contributed by atoms with E-state index in [0.29, 0.717) is 24.0 Å². The molecule has 8 nitrogen and oxygen atoms in total. The molecule has 172 valence electrons. The van der Waals surface area contributed by atoms with Crippen molar-refractivity contribution in [3.63, 3.8) is 0 Å². The highest BCUT2D eigenvalue weighted by atomic mass is 19.1. The number of carbonyl (C=O) groups excluding carboxylic acids is 2. The molecule has 2 N–H and O–H groups in total. The number of benzene rings is 1. The van der Waals surface area contributed by atoms with Gasteiger partial charge >= 0.3 is 0 Å². The van der Waals surface area contributed by atoms with Crippen LogP contribution in [0.2, 0.25) is 0 Å². The molecule has 11 heteroatoms. The molecule has 1 aromatic heterocycles. The number of aromatic nitrogens is 1. The van der Waals surface area contributed by atoms with Gasteiger partial charge in [0.15, 0.2) is 17.7 Å². The quantitative estimate of drug-likeness (QED) is 0.722. The van der Waals surface area contributed by atoms with E-state index in [9.17, 15) is 32.7 Å². The van der Waals surface area contributed by atoms with Gasteiger partial charge in [-0.1, -0.05) is 0 Å². The number of carbonyl (C=O) groups is 2. The normalized spacial score (nSPS) is 28.8. The molecular formula is C22H18F3N3O5. The largest absolute Gasteiger partial charge is 0.503 e. The van der Waals surface area contributed by atoms with E-state index in [4.69, 9.17) is 4.74 Å². The van der Waals surface area contributed by atoms with Crippen LogP contribution in [-0.2, 0) is 17.8 Å². The summed E-state index contributed by atoms with van der Waals surface area (Å²) in [4.78, 5) is 40.1. The third-order valence-electron chi connectivity index (χ3n) is 7.16. The minimum atomic E-state index is -1.19. The Balaban J connectivity index is 1.30. The van der Waals surface area contributed by atoms with Crippen molar-refractivity contribution in [3.8, 4) is 5.75 Å². The van der Waals surface area contributed by atoms with Crippen molar-refractivity contribution < 1.29 is 32.6 Å². The molecule has 2 aromatic rings. The summed E-state index contributed by atoms with van der Waals surface area (Å²) >= 11 is 0. The fourth-order valence-electron chi connectivity index (χ4n) is 5.54. The summed E-state index contributed by atoms with van der Waals surface area (Å²) in [7, 11) is 0. The summed E-state index contributed by atoms with van der Waals surface area (Å²) in [5.74, 6) is -5.07. The molecule has 0 spiro atoms. The zero-order chi connectivity index (χ0) is 23.2. The molecule has 3 fully saturated rings. The number of ether oxygens (including phenoxy) is 1. The first kappa shape index (κ1) is 20.3. The second-order valence-corrected chi connectivity index (χ2v) is 8.96. The smallest absolute Gasteiger partial charge is 0.276 e. The summed E-state index contributed by atoms with van der Waals surface area (Å²) in [5, 5.41) is 12.7. The van der Waals surface area contributed by atoms with Gasteiger partial charge in [0.2, 0.25) is 5.43 Å². The maximum atomic E-state index is 13.8. The molecule has 2 aliphatic heterocycles. The van der Waals surface area contributed by atoms with Crippen molar-refractivity contribution in [1.82, 2.24) is 14.8 Å². The maximum absolute atomic E-state index is 13.8. The van der Waals surface area contributed by atoms with E-state index in [0.717, 1.165) is 19.0 Å². The van der Waals surface area contributed by atoms with E-state index < -0.39 is 64.3 Å². The Hall–Kier alpha value is -3.34. The molecule has 1 aromatic carbocycles. The Morgan fingerprint density at radius 1 is 1.15 bits per heavy atom. The van der Waals surface area contributed by atoms with Gasteiger partial charge in [-0.25, -0.2) is 13.2 Å². The van der Waals surface area contributed by atoms with Gasteiger partial charge in [-0.05, 0) is 24.7 Å². The van der Waals surface area contributed by atoms with Crippen molar-refractivity contribution in [2.75, 3.05) is 0 Å². The highest BCUT2D eigenvalue weighted by molar-refractivity contribution is 5.99. The van der Waals surface area contributed by atoms with Gasteiger partial charge in [-0.2, -0.15) is 0 Å². The highest BCUT2D eigenvalue weighted by Gasteiger charge is 2.63. The molecule has 5 atom stereocenters. The minimum Gasteiger partial charge on any atom is -0.503 e. The maximum Gasteiger partial charge on any atom is 0.276 e. The lowest BCUT2D eigenvalue weighted by atomic mass is 10.0. The lowest BCUT2D eigenvalue weighted by Gasteiger charge is -2.45. The van der Waals surface area contributed by atoms with Crippen molar-refractivity contribution in [3.05, 3.63) is 62.8 Å². The zero-order valence-electron chi connectivity index (χ0n) is 17.1. The van der Waals surface area contributed by atoms with Crippen LogP contribution in [0, 0.1) is 29.3 Å². The molecule has 3 heterocycles. The van der Waals surface area contributed by atoms with Crippen molar-refractivity contribution in [2.24, 2.45) is 11.8 Å². The predicted octanol–water partition coefficient (Wildman–Crippen LogP) is 1.49. The Morgan fingerprint density at radius 2 is 1.88 bits per heavy atom. The average Bonchev–Trinajstić information content (AvgIpc) is 3.50. The van der Waals surface area contributed by atoms with Crippen LogP contribution in [0.3, 0.4) is 0 Å². The zero-order valence-corrected chi connectivity index (χ0v) is 17.1. The Kier molecular flexibility index (Phi) is 4.20. The summed E-state index contributed by atoms with van der Waals surface area (Å²) in [6.45, 7) is -0.522. The van der Waals surface area contributed by atoms with Gasteiger partial charge in [0.25, 0.3) is 11.8 Å². The lowest BCUT2D eigenvalue weighted by Crippen LogP contribution is -2.58. The fourth-order valence-corrected chi connectivity index (χ4v) is 5.54. The first-order valence-corrected chi connectivity index (χ1v) is 10.6. The number of pyridine rings is 1. The number of amides is 2. The minimum absolute atomic E-state index is 0.0120. The summed E-state index contributed by atoms with van der Waals surface area (Å²) in [5.41, 5.74) is -2.36. The van der Waals surface area contributed by atoms with E-state index >= 15 is 0 Å². The number of nitrogens with one attached hydrogen (secondary N) is 1. The summed E-state index contributed by atoms with van der Waals surface area (Å²) in [6, 6.07) is 0.962. The Bertz CT molecular complexity index is 1270. The van der Waals surface area contributed by atoms with Crippen molar-refractivity contribution >= 4 is 11.8 Å². The van der Waals surface area contributed by atoms with Gasteiger partial charge in [-0.15, -0.1) is 0 Å². The third kappa shape index (κ3) is 2.91. The van der Waals surface area contributed by atoms with Crippen LogP contribution in [-0.4, -0.2) is 44.8 Å². The van der Waals surface area contributed by atoms with Gasteiger partial charge in [0, 0.05) is 36.5 Å². The summed E-state index contributed by atoms with van der Waals surface area (Å²) in [6.07, 6.45) is 2.38. The fraction of sp³-hybridized carbons (Fsp3) is 0.409. The number of halogens is 3. The monoisotopic (exact) mass is 461 g/mol. The molecular weight excluding hydrogens is 443 g/mol. The topological polar surface area (TPSA) is 101 Å². The second kappa shape index (κ2) is 6.83. The van der Waals surface area contributed by atoms with Gasteiger partial charge in [0.1, 0.15) is 23.0 Å². The van der Waals surface area contributed by atoms with Gasteiger partial charge in [-0.3, -0.25) is 14.4 Å². The molecule has 2 saturated carbocycles. The van der Waals surface area contributed by atoms with Gasteiger partial charge in [0.05, 0.1) is 12.6 Å². The highest BCUT2D eigenvalue weighted by Crippen LogP contribution is 2.58. The molecule has 1 saturated heterocycles. The van der Waals surface area contributed by atoms with Gasteiger partial charge < -0.3 is 24.6 Å². The summed E-state index contributed by atoms with van der Waals surface area (Å²) < 4.78 is 48.1. The van der Waals surface area contributed by atoms with Crippen LogP contribution in [0.4, 0.5) is 13.2 Å². The molecule has 6 rings (SSSR count). The molecule has 3 unspecified atom stereocenters. The molecule has 4 aliphatic rings. The SMILES string of the molecule is O=C(NCc1c(F)cc(F)cc1F)c1cn2c(c(O)c1=O)C(=O)N1C(C2)OC2C[C@@H]1C1C[C@H]21. The molecule has 2 amide bonds. The lowest BCUT2D eigenvalue weighted by molar-refractivity contribution is -0.144. The first-order valence-electron chi connectivity index (χ1n) is 10.6. The van der Waals surface area contributed by atoms with Crippen LogP contribution in [0.25, 0.3) is 0 Å². The average molecular weight is 461 g/mol. The number of hydrogen-bond acceptors (Lipinski definition) is 5. The van der Waals surface area contributed by atoms with E-state index in [1.54, 1.807) is 4.90 Å². The Labute approximate surface area is 184 Å². The number of hydrogen-bond donors (Lipinski definition) is 2. The number of rotatable bonds is 3. The molecule has 33 heavy (non-hydrogen) atoms. The number of nitrogens with zero attached hydrogens (tertiary/aromatic N) is 2. The van der Waals surface area contributed by atoms with Crippen LogP contribution >= 0.6 is 0 Å².